The van der Waals surface area contributed by atoms with Gasteiger partial charge >= 0.3 is 6.18 Å². The Kier molecular flexibility index (Phi) is 3.77. The maximum absolute atomic E-state index is 12.0. The van der Waals surface area contributed by atoms with Crippen molar-refractivity contribution in [1.82, 2.24) is 0 Å². The third-order valence-corrected chi connectivity index (χ3v) is 1.92. The van der Waals surface area contributed by atoms with Crippen LogP contribution in [-0.2, 0) is 4.79 Å². The SMILES string of the molecule is C/C(=C\C(=O)C(F)(F)F)Nc1ccccc1N. The zero-order chi connectivity index (χ0) is 13.1. The standard InChI is InChI=1S/C11H11F3N2O/c1-7(6-10(17)11(12,13)14)16-9-5-3-2-4-8(9)15/h2-6,16H,15H2,1H3/b7-6+. The van der Waals surface area contributed by atoms with Crippen LogP contribution in [0, 0.1) is 0 Å². The maximum atomic E-state index is 12.0. The van der Waals surface area contributed by atoms with Gasteiger partial charge in [-0.1, -0.05) is 12.1 Å². The third-order valence-electron chi connectivity index (χ3n) is 1.92. The van der Waals surface area contributed by atoms with E-state index < -0.39 is 12.0 Å². The van der Waals surface area contributed by atoms with E-state index in [9.17, 15) is 18.0 Å². The summed E-state index contributed by atoms with van der Waals surface area (Å²) >= 11 is 0. The smallest absolute Gasteiger partial charge is 0.397 e. The van der Waals surface area contributed by atoms with E-state index in [1.54, 1.807) is 24.3 Å². The molecule has 0 aliphatic heterocycles. The highest BCUT2D eigenvalue weighted by Gasteiger charge is 2.36. The van der Waals surface area contributed by atoms with Crippen molar-refractivity contribution < 1.29 is 18.0 Å². The van der Waals surface area contributed by atoms with E-state index in [2.05, 4.69) is 5.32 Å². The minimum atomic E-state index is -4.86. The van der Waals surface area contributed by atoms with E-state index in [4.69, 9.17) is 5.73 Å². The molecule has 1 rings (SSSR count). The Morgan fingerprint density at radius 3 is 2.47 bits per heavy atom. The maximum Gasteiger partial charge on any atom is 0.454 e. The van der Waals surface area contributed by atoms with E-state index >= 15 is 0 Å². The molecule has 0 atom stereocenters. The van der Waals surface area contributed by atoms with E-state index in [-0.39, 0.29) is 5.70 Å². The fraction of sp³-hybridized carbons (Fsp3) is 0.182. The lowest BCUT2D eigenvalue weighted by Crippen LogP contribution is -2.21. The monoisotopic (exact) mass is 244 g/mol. The molecule has 0 unspecified atom stereocenters. The summed E-state index contributed by atoms with van der Waals surface area (Å²) in [5, 5.41) is 2.63. The van der Waals surface area contributed by atoms with Gasteiger partial charge in [0.1, 0.15) is 0 Å². The Morgan fingerprint density at radius 1 is 1.35 bits per heavy atom. The van der Waals surface area contributed by atoms with Crippen molar-refractivity contribution in [1.29, 1.82) is 0 Å². The van der Waals surface area contributed by atoms with E-state index in [1.165, 1.54) is 6.92 Å². The van der Waals surface area contributed by atoms with Crippen LogP contribution in [0.3, 0.4) is 0 Å². The molecular weight excluding hydrogens is 233 g/mol. The summed E-state index contributed by atoms with van der Waals surface area (Å²) in [5.41, 5.74) is 6.51. The average Bonchev–Trinajstić information content (AvgIpc) is 2.20. The number of para-hydroxylation sites is 2. The number of alkyl halides is 3. The summed E-state index contributed by atoms with van der Waals surface area (Å²) in [5.74, 6) is -1.91. The van der Waals surface area contributed by atoms with Gasteiger partial charge in [0, 0.05) is 11.8 Å². The van der Waals surface area contributed by atoms with E-state index in [1.807, 2.05) is 0 Å². The Bertz CT molecular complexity index is 452. The van der Waals surface area contributed by atoms with Gasteiger partial charge in [0.25, 0.3) is 5.78 Å². The summed E-state index contributed by atoms with van der Waals surface area (Å²) in [7, 11) is 0. The Morgan fingerprint density at radius 2 is 1.94 bits per heavy atom. The van der Waals surface area contributed by atoms with Crippen molar-refractivity contribution in [3.8, 4) is 0 Å². The van der Waals surface area contributed by atoms with Crippen molar-refractivity contribution in [3.05, 3.63) is 36.0 Å². The predicted molar refractivity (Wildman–Crippen MR) is 59.3 cm³/mol. The summed E-state index contributed by atoms with van der Waals surface area (Å²) in [6, 6.07) is 6.57. The van der Waals surface area contributed by atoms with Crippen LogP contribution in [0.15, 0.2) is 36.0 Å². The number of hydrogen-bond acceptors (Lipinski definition) is 3. The molecule has 17 heavy (non-hydrogen) atoms. The highest BCUT2D eigenvalue weighted by molar-refractivity contribution is 5.95. The zero-order valence-corrected chi connectivity index (χ0v) is 9.01. The summed E-state index contributed by atoms with van der Waals surface area (Å²) in [6.45, 7) is 1.36. The van der Waals surface area contributed by atoms with Crippen LogP contribution in [0.2, 0.25) is 0 Å². The van der Waals surface area contributed by atoms with Crippen molar-refractivity contribution in [3.63, 3.8) is 0 Å². The largest absolute Gasteiger partial charge is 0.454 e. The number of nitrogen functional groups attached to an aromatic ring is 1. The van der Waals surface area contributed by atoms with E-state index in [0.29, 0.717) is 17.5 Å². The molecule has 0 saturated heterocycles. The molecule has 0 spiro atoms. The molecule has 0 aromatic heterocycles. The lowest BCUT2D eigenvalue weighted by atomic mass is 10.2. The molecule has 0 aliphatic carbocycles. The summed E-state index contributed by atoms with van der Waals surface area (Å²) in [6.07, 6.45) is -4.36. The van der Waals surface area contributed by atoms with Gasteiger partial charge in [-0.2, -0.15) is 13.2 Å². The van der Waals surface area contributed by atoms with Gasteiger partial charge in [0.2, 0.25) is 0 Å². The summed E-state index contributed by atoms with van der Waals surface area (Å²) < 4.78 is 35.9. The molecule has 0 radical (unpaired) electrons. The molecule has 3 nitrogen and oxygen atoms in total. The molecule has 1 aromatic carbocycles. The first-order chi connectivity index (χ1) is 7.80. The second kappa shape index (κ2) is 4.90. The van der Waals surface area contributed by atoms with E-state index in [0.717, 1.165) is 0 Å². The van der Waals surface area contributed by atoms with Gasteiger partial charge in [0.05, 0.1) is 11.4 Å². The first-order valence-corrected chi connectivity index (χ1v) is 4.71. The molecule has 0 heterocycles. The Labute approximate surface area is 96.1 Å². The fourth-order valence-corrected chi connectivity index (χ4v) is 1.14. The minimum absolute atomic E-state index is 0.0743. The number of nitrogens with one attached hydrogen (secondary N) is 1. The number of hydrogen-bond donors (Lipinski definition) is 2. The first-order valence-electron chi connectivity index (χ1n) is 4.71. The van der Waals surface area contributed by atoms with Crippen LogP contribution < -0.4 is 11.1 Å². The number of anilines is 2. The normalized spacial score (nSPS) is 12.4. The molecule has 3 N–H and O–H groups in total. The number of halogens is 3. The van der Waals surface area contributed by atoms with Crippen LogP contribution in [0.25, 0.3) is 0 Å². The second-order valence-corrected chi connectivity index (χ2v) is 3.40. The fourth-order valence-electron chi connectivity index (χ4n) is 1.14. The van der Waals surface area contributed by atoms with Gasteiger partial charge in [-0.15, -0.1) is 0 Å². The topological polar surface area (TPSA) is 55.1 Å². The van der Waals surface area contributed by atoms with Crippen LogP contribution >= 0.6 is 0 Å². The zero-order valence-electron chi connectivity index (χ0n) is 9.01. The van der Waals surface area contributed by atoms with Crippen molar-refractivity contribution in [2.75, 3.05) is 11.1 Å². The quantitative estimate of drug-likeness (QED) is 0.635. The first kappa shape index (κ1) is 13.1. The average molecular weight is 244 g/mol. The molecule has 6 heteroatoms. The second-order valence-electron chi connectivity index (χ2n) is 3.40. The van der Waals surface area contributed by atoms with Gasteiger partial charge in [-0.05, 0) is 19.1 Å². The Balaban J connectivity index is 2.80. The van der Waals surface area contributed by atoms with Crippen LogP contribution in [0.1, 0.15) is 6.92 Å². The minimum Gasteiger partial charge on any atom is -0.397 e. The van der Waals surface area contributed by atoms with Gasteiger partial charge in [-0.25, -0.2) is 0 Å². The number of ketones is 1. The number of allylic oxidation sites excluding steroid dienone is 2. The van der Waals surface area contributed by atoms with Gasteiger partial charge < -0.3 is 11.1 Å². The highest BCUT2D eigenvalue weighted by atomic mass is 19.4. The van der Waals surface area contributed by atoms with Crippen LogP contribution in [0.4, 0.5) is 24.5 Å². The molecule has 0 saturated carbocycles. The summed E-state index contributed by atoms with van der Waals surface area (Å²) in [4.78, 5) is 10.7. The predicted octanol–water partition coefficient (Wildman–Crippen LogP) is 2.72. The van der Waals surface area contributed by atoms with Crippen molar-refractivity contribution in [2.45, 2.75) is 13.1 Å². The van der Waals surface area contributed by atoms with Crippen molar-refractivity contribution in [2.24, 2.45) is 0 Å². The lowest BCUT2D eigenvalue weighted by Gasteiger charge is -2.09. The molecule has 0 bridgehead atoms. The number of rotatable bonds is 3. The van der Waals surface area contributed by atoms with Crippen molar-refractivity contribution >= 4 is 17.2 Å². The van der Waals surface area contributed by atoms with Gasteiger partial charge in [0.15, 0.2) is 0 Å². The molecule has 0 amide bonds. The molecule has 92 valence electrons. The third kappa shape index (κ3) is 3.82. The number of nitrogens with two attached hydrogens (primary N) is 1. The lowest BCUT2D eigenvalue weighted by molar-refractivity contribution is -0.165. The van der Waals surface area contributed by atoms with Crippen LogP contribution in [-0.4, -0.2) is 12.0 Å². The molecule has 0 aliphatic rings. The highest BCUT2D eigenvalue weighted by Crippen LogP contribution is 2.20. The molecule has 0 fully saturated rings. The van der Waals surface area contributed by atoms with Gasteiger partial charge in [-0.3, -0.25) is 4.79 Å². The van der Waals surface area contributed by atoms with Crippen LogP contribution in [0.5, 0.6) is 0 Å². The molecular formula is C11H11F3N2O. The number of benzene rings is 1. The number of carbonyl (C=O) groups is 1. The molecule has 1 aromatic rings. The number of carbonyl (C=O) groups excluding carboxylic acids is 1. The Hall–Kier alpha value is -1.98.